The number of nitrogens with zero attached hydrogens (tertiary/aromatic N) is 2. The molecule has 0 bridgehead atoms. The highest BCUT2D eigenvalue weighted by molar-refractivity contribution is 7.09. The van der Waals surface area contributed by atoms with Gasteiger partial charge in [0, 0.05) is 11.3 Å². The maximum atomic E-state index is 8.73. The topological polar surface area (TPSA) is 71.9 Å². The lowest BCUT2D eigenvalue weighted by molar-refractivity contribution is 0.324. The second-order valence-electron chi connectivity index (χ2n) is 3.82. The Morgan fingerprint density at radius 2 is 2.33 bits per heavy atom. The van der Waals surface area contributed by atoms with Gasteiger partial charge >= 0.3 is 0 Å². The third-order valence-corrected chi connectivity index (χ3v) is 3.57. The molecule has 18 heavy (non-hydrogen) atoms. The van der Waals surface area contributed by atoms with E-state index in [9.17, 15) is 0 Å². The predicted molar refractivity (Wildman–Crippen MR) is 71.6 cm³/mol. The molecular formula is C13H13N3OS. The average molecular weight is 259 g/mol. The van der Waals surface area contributed by atoms with Crippen molar-refractivity contribution in [3.05, 3.63) is 39.8 Å². The summed E-state index contributed by atoms with van der Waals surface area (Å²) in [5, 5.41) is 8.73. The molecular weight excluding hydrogens is 246 g/mol. The standard InChI is InChI=1S/C13H13N3OS/c1-9-13(18-8-16-9)4-5-17-12-3-2-10(7-14)6-11(12)15/h2-3,6,8H,4-5,15H2,1H3. The summed E-state index contributed by atoms with van der Waals surface area (Å²) in [5.74, 6) is 0.621. The monoisotopic (exact) mass is 259 g/mol. The molecule has 0 aliphatic heterocycles. The van der Waals surface area contributed by atoms with Crippen LogP contribution in [-0.4, -0.2) is 11.6 Å². The Kier molecular flexibility index (Phi) is 3.80. The molecule has 0 atom stereocenters. The minimum atomic E-state index is 0.495. The van der Waals surface area contributed by atoms with Crippen molar-refractivity contribution >= 4 is 17.0 Å². The molecule has 0 amide bonds. The fourth-order valence-corrected chi connectivity index (χ4v) is 2.33. The van der Waals surface area contributed by atoms with Crippen molar-refractivity contribution < 1.29 is 4.74 Å². The van der Waals surface area contributed by atoms with Crippen LogP contribution in [0.3, 0.4) is 0 Å². The summed E-state index contributed by atoms with van der Waals surface area (Å²) >= 11 is 1.63. The van der Waals surface area contributed by atoms with Crippen molar-refractivity contribution in [1.82, 2.24) is 4.98 Å². The van der Waals surface area contributed by atoms with Crippen molar-refractivity contribution in [2.24, 2.45) is 0 Å². The SMILES string of the molecule is Cc1ncsc1CCOc1ccc(C#N)cc1N. The zero-order chi connectivity index (χ0) is 13.0. The highest BCUT2D eigenvalue weighted by Crippen LogP contribution is 2.22. The summed E-state index contributed by atoms with van der Waals surface area (Å²) < 4.78 is 5.61. The first-order valence-electron chi connectivity index (χ1n) is 5.52. The Morgan fingerprint density at radius 3 is 2.94 bits per heavy atom. The molecule has 0 aliphatic rings. The molecule has 1 heterocycles. The lowest BCUT2D eigenvalue weighted by Crippen LogP contribution is -2.03. The van der Waals surface area contributed by atoms with E-state index in [0.29, 0.717) is 23.6 Å². The first-order valence-corrected chi connectivity index (χ1v) is 6.40. The number of benzene rings is 1. The fraction of sp³-hybridized carbons (Fsp3) is 0.231. The normalized spacial score (nSPS) is 10.0. The second-order valence-corrected chi connectivity index (χ2v) is 4.76. The van der Waals surface area contributed by atoms with Crippen molar-refractivity contribution in [3.63, 3.8) is 0 Å². The van der Waals surface area contributed by atoms with Crippen molar-refractivity contribution in [3.8, 4) is 11.8 Å². The lowest BCUT2D eigenvalue weighted by atomic mass is 10.2. The van der Waals surface area contributed by atoms with Crippen molar-refractivity contribution in [2.45, 2.75) is 13.3 Å². The number of nitrogen functional groups attached to an aromatic ring is 1. The van der Waals surface area contributed by atoms with Crippen LogP contribution >= 0.6 is 11.3 Å². The summed E-state index contributed by atoms with van der Waals surface area (Å²) in [5.41, 5.74) is 9.72. The molecule has 0 spiro atoms. The molecule has 2 N–H and O–H groups in total. The Hall–Kier alpha value is -2.06. The number of nitrogens with two attached hydrogens (primary N) is 1. The average Bonchev–Trinajstić information content (AvgIpc) is 2.77. The summed E-state index contributed by atoms with van der Waals surface area (Å²) in [6, 6.07) is 7.08. The van der Waals surface area contributed by atoms with Crippen LogP contribution in [0.2, 0.25) is 0 Å². The van der Waals surface area contributed by atoms with Gasteiger partial charge in [-0.15, -0.1) is 11.3 Å². The maximum absolute atomic E-state index is 8.73. The highest BCUT2D eigenvalue weighted by atomic mass is 32.1. The summed E-state index contributed by atoms with van der Waals surface area (Å²) in [7, 11) is 0. The van der Waals surface area contributed by atoms with Gasteiger partial charge in [0.1, 0.15) is 5.75 Å². The van der Waals surface area contributed by atoms with E-state index in [-0.39, 0.29) is 0 Å². The van der Waals surface area contributed by atoms with Crippen LogP contribution in [0.5, 0.6) is 5.75 Å². The minimum absolute atomic E-state index is 0.495. The van der Waals surface area contributed by atoms with Gasteiger partial charge in [-0.2, -0.15) is 5.26 Å². The largest absolute Gasteiger partial charge is 0.491 e. The zero-order valence-electron chi connectivity index (χ0n) is 10.0. The van der Waals surface area contributed by atoms with Gasteiger partial charge in [-0.1, -0.05) is 0 Å². The van der Waals surface area contributed by atoms with Crippen LogP contribution in [0.25, 0.3) is 0 Å². The van der Waals surface area contributed by atoms with E-state index in [0.717, 1.165) is 12.1 Å². The number of aryl methyl sites for hydroxylation is 1. The van der Waals surface area contributed by atoms with Crippen LogP contribution in [0, 0.1) is 18.3 Å². The minimum Gasteiger partial charge on any atom is -0.491 e. The number of hydrogen-bond donors (Lipinski definition) is 1. The maximum Gasteiger partial charge on any atom is 0.142 e. The molecule has 5 heteroatoms. The van der Waals surface area contributed by atoms with Gasteiger partial charge in [0.15, 0.2) is 0 Å². The summed E-state index contributed by atoms with van der Waals surface area (Å²) in [6.07, 6.45) is 0.815. The lowest BCUT2D eigenvalue weighted by Gasteiger charge is -2.08. The Morgan fingerprint density at radius 1 is 1.50 bits per heavy atom. The molecule has 1 aromatic heterocycles. The molecule has 0 fully saturated rings. The van der Waals surface area contributed by atoms with Crippen LogP contribution in [0.4, 0.5) is 5.69 Å². The summed E-state index contributed by atoms with van der Waals surface area (Å²) in [4.78, 5) is 5.41. The van der Waals surface area contributed by atoms with E-state index in [1.807, 2.05) is 18.5 Å². The van der Waals surface area contributed by atoms with E-state index in [2.05, 4.69) is 4.98 Å². The van der Waals surface area contributed by atoms with Gasteiger partial charge in [-0.25, -0.2) is 4.98 Å². The van der Waals surface area contributed by atoms with Gasteiger partial charge in [-0.3, -0.25) is 0 Å². The fourth-order valence-electron chi connectivity index (χ4n) is 1.57. The molecule has 0 saturated carbocycles. The molecule has 4 nitrogen and oxygen atoms in total. The number of rotatable bonds is 4. The number of anilines is 1. The van der Waals surface area contributed by atoms with E-state index in [1.165, 1.54) is 4.88 Å². The second kappa shape index (κ2) is 5.52. The van der Waals surface area contributed by atoms with Crippen LogP contribution in [0.15, 0.2) is 23.7 Å². The van der Waals surface area contributed by atoms with Crippen LogP contribution in [0.1, 0.15) is 16.1 Å². The first-order chi connectivity index (χ1) is 8.70. The number of ether oxygens (including phenoxy) is 1. The van der Waals surface area contributed by atoms with Gasteiger partial charge in [0.25, 0.3) is 0 Å². The number of nitriles is 1. The number of aromatic nitrogens is 1. The van der Waals surface area contributed by atoms with Gasteiger partial charge in [0.2, 0.25) is 0 Å². The van der Waals surface area contributed by atoms with E-state index < -0.39 is 0 Å². The molecule has 2 rings (SSSR count). The van der Waals surface area contributed by atoms with Crippen molar-refractivity contribution in [2.75, 3.05) is 12.3 Å². The Bertz CT molecular complexity index is 586. The Balaban J connectivity index is 1.95. The molecule has 0 saturated heterocycles. The van der Waals surface area contributed by atoms with Gasteiger partial charge in [-0.05, 0) is 25.1 Å². The smallest absolute Gasteiger partial charge is 0.142 e. The quantitative estimate of drug-likeness (QED) is 0.856. The van der Waals surface area contributed by atoms with Gasteiger partial charge in [0.05, 0.1) is 35.1 Å². The predicted octanol–water partition coefficient (Wildman–Crippen LogP) is 2.53. The molecule has 92 valence electrons. The molecule has 1 aromatic carbocycles. The third-order valence-electron chi connectivity index (χ3n) is 2.57. The first kappa shape index (κ1) is 12.4. The summed E-state index contributed by atoms with van der Waals surface area (Å²) in [6.45, 7) is 2.54. The van der Waals surface area contributed by atoms with Crippen LogP contribution < -0.4 is 10.5 Å². The number of hydrogen-bond acceptors (Lipinski definition) is 5. The number of thiazole rings is 1. The van der Waals surface area contributed by atoms with Crippen molar-refractivity contribution in [1.29, 1.82) is 5.26 Å². The molecule has 0 radical (unpaired) electrons. The van der Waals surface area contributed by atoms with Gasteiger partial charge < -0.3 is 10.5 Å². The van der Waals surface area contributed by atoms with Crippen LogP contribution in [-0.2, 0) is 6.42 Å². The van der Waals surface area contributed by atoms with E-state index in [1.54, 1.807) is 29.5 Å². The molecule has 2 aromatic rings. The molecule has 0 unspecified atom stereocenters. The van der Waals surface area contributed by atoms with E-state index >= 15 is 0 Å². The highest BCUT2D eigenvalue weighted by Gasteiger charge is 2.04. The molecule has 0 aliphatic carbocycles. The Labute approximate surface area is 110 Å². The zero-order valence-corrected chi connectivity index (χ0v) is 10.8. The van der Waals surface area contributed by atoms with E-state index in [4.69, 9.17) is 15.7 Å². The third kappa shape index (κ3) is 2.79.